The highest BCUT2D eigenvalue weighted by Gasteiger charge is 2.22. The van der Waals surface area contributed by atoms with Crippen LogP contribution in [-0.2, 0) is 0 Å². The lowest BCUT2D eigenvalue weighted by Crippen LogP contribution is -2.32. The summed E-state index contributed by atoms with van der Waals surface area (Å²) in [6.45, 7) is 0. The number of nitrogens with two attached hydrogens (primary N) is 1. The van der Waals surface area contributed by atoms with Crippen LogP contribution < -0.4 is 11.1 Å². The van der Waals surface area contributed by atoms with Crippen molar-refractivity contribution in [1.82, 2.24) is 10.3 Å². The largest absolute Gasteiger partial charge is 0.397 e. The molecule has 1 aliphatic carbocycles. The zero-order valence-electron chi connectivity index (χ0n) is 10.7. The third-order valence-electron chi connectivity index (χ3n) is 3.77. The van der Waals surface area contributed by atoms with Crippen molar-refractivity contribution in [3.63, 3.8) is 0 Å². The zero-order valence-corrected chi connectivity index (χ0v) is 10.7. The van der Waals surface area contributed by atoms with Gasteiger partial charge in [0.1, 0.15) is 0 Å². The fraction of sp³-hybridized carbons (Fsp3) is 0.538. The first-order valence-electron chi connectivity index (χ1n) is 6.71. The van der Waals surface area contributed by atoms with E-state index in [0.717, 1.165) is 31.4 Å². The SMILES string of the molecule is Nc1ccc(NC2CCCCCC2O)c2nonc12. The van der Waals surface area contributed by atoms with Crippen molar-refractivity contribution in [3.05, 3.63) is 12.1 Å². The number of aromatic nitrogens is 2. The van der Waals surface area contributed by atoms with E-state index in [0.29, 0.717) is 16.7 Å². The maximum absolute atomic E-state index is 10.1. The fourth-order valence-corrected chi connectivity index (χ4v) is 2.66. The van der Waals surface area contributed by atoms with Gasteiger partial charge in [0.25, 0.3) is 0 Å². The van der Waals surface area contributed by atoms with Gasteiger partial charge in [0, 0.05) is 0 Å². The molecule has 2 atom stereocenters. The average Bonchev–Trinajstić information content (AvgIpc) is 2.81. The number of nitrogen functional groups attached to an aromatic ring is 1. The van der Waals surface area contributed by atoms with Crippen molar-refractivity contribution in [3.8, 4) is 0 Å². The standard InChI is InChI=1S/C13H18N4O2/c14-8-6-7-10(13-12(8)16-19-17-13)15-9-4-2-1-3-5-11(9)18/h6-7,9,11,15,18H,1-5,14H2. The van der Waals surface area contributed by atoms with Crippen molar-refractivity contribution in [2.45, 2.75) is 44.2 Å². The number of hydrogen-bond donors (Lipinski definition) is 3. The van der Waals surface area contributed by atoms with Gasteiger partial charge in [-0.05, 0) is 35.3 Å². The van der Waals surface area contributed by atoms with Crippen LogP contribution in [0.15, 0.2) is 16.8 Å². The molecule has 1 aliphatic rings. The lowest BCUT2D eigenvalue weighted by molar-refractivity contribution is 0.144. The molecule has 102 valence electrons. The van der Waals surface area contributed by atoms with Gasteiger partial charge in [0.15, 0.2) is 11.0 Å². The van der Waals surface area contributed by atoms with E-state index < -0.39 is 0 Å². The topological polar surface area (TPSA) is 97.2 Å². The smallest absolute Gasteiger partial charge is 0.160 e. The predicted molar refractivity (Wildman–Crippen MR) is 72.7 cm³/mol. The minimum atomic E-state index is -0.324. The summed E-state index contributed by atoms with van der Waals surface area (Å²) in [5.74, 6) is 0. The van der Waals surface area contributed by atoms with E-state index >= 15 is 0 Å². The van der Waals surface area contributed by atoms with Gasteiger partial charge < -0.3 is 16.2 Å². The normalized spacial score (nSPS) is 24.3. The maximum atomic E-state index is 10.1. The molecule has 2 unspecified atom stereocenters. The molecular formula is C13H18N4O2. The highest BCUT2D eigenvalue weighted by Crippen LogP contribution is 2.28. The summed E-state index contributed by atoms with van der Waals surface area (Å²) in [6, 6.07) is 3.68. The molecule has 0 amide bonds. The molecule has 3 rings (SSSR count). The molecule has 19 heavy (non-hydrogen) atoms. The molecule has 0 radical (unpaired) electrons. The van der Waals surface area contributed by atoms with Gasteiger partial charge in [-0.2, -0.15) is 0 Å². The predicted octanol–water partition coefficient (Wildman–Crippen LogP) is 1.91. The van der Waals surface area contributed by atoms with Crippen LogP contribution in [0.25, 0.3) is 11.0 Å². The Morgan fingerprint density at radius 3 is 2.84 bits per heavy atom. The Bertz CT molecular complexity index is 569. The minimum Gasteiger partial charge on any atom is -0.397 e. The van der Waals surface area contributed by atoms with Gasteiger partial charge in [-0.15, -0.1) is 0 Å². The molecule has 0 spiro atoms. The number of rotatable bonds is 2. The van der Waals surface area contributed by atoms with Crippen molar-refractivity contribution in [2.24, 2.45) is 0 Å². The van der Waals surface area contributed by atoms with Gasteiger partial charge in [0.2, 0.25) is 0 Å². The second-order valence-corrected chi connectivity index (χ2v) is 5.12. The molecule has 1 aromatic carbocycles. The first-order valence-corrected chi connectivity index (χ1v) is 6.71. The fourth-order valence-electron chi connectivity index (χ4n) is 2.66. The molecule has 1 heterocycles. The quantitative estimate of drug-likeness (QED) is 0.565. The summed E-state index contributed by atoms with van der Waals surface area (Å²) in [5.41, 5.74) is 8.36. The summed E-state index contributed by atoms with van der Waals surface area (Å²) < 4.78 is 4.74. The third-order valence-corrected chi connectivity index (χ3v) is 3.77. The molecule has 6 heteroatoms. The van der Waals surface area contributed by atoms with Crippen LogP contribution in [0.5, 0.6) is 0 Å². The molecule has 2 aromatic rings. The van der Waals surface area contributed by atoms with Crippen molar-refractivity contribution in [1.29, 1.82) is 0 Å². The van der Waals surface area contributed by atoms with E-state index in [4.69, 9.17) is 10.4 Å². The molecule has 1 fully saturated rings. The molecule has 0 bridgehead atoms. The monoisotopic (exact) mass is 262 g/mol. The Kier molecular flexibility index (Phi) is 3.25. The van der Waals surface area contributed by atoms with Gasteiger partial charge in [-0.25, -0.2) is 4.63 Å². The molecule has 0 saturated heterocycles. The number of benzene rings is 1. The zero-order chi connectivity index (χ0) is 13.2. The van der Waals surface area contributed by atoms with Crippen molar-refractivity contribution in [2.75, 3.05) is 11.1 Å². The number of anilines is 2. The molecular weight excluding hydrogens is 244 g/mol. The van der Waals surface area contributed by atoms with E-state index in [1.807, 2.05) is 6.07 Å². The van der Waals surface area contributed by atoms with Gasteiger partial charge >= 0.3 is 0 Å². The number of aliphatic hydroxyl groups is 1. The van der Waals surface area contributed by atoms with Crippen LogP contribution in [-0.4, -0.2) is 27.6 Å². The Hall–Kier alpha value is -1.82. The molecule has 6 nitrogen and oxygen atoms in total. The van der Waals surface area contributed by atoms with Gasteiger partial charge in [0.05, 0.1) is 23.5 Å². The van der Waals surface area contributed by atoms with Crippen LogP contribution in [0.3, 0.4) is 0 Å². The Balaban J connectivity index is 1.88. The molecule has 1 saturated carbocycles. The Labute approximate surface area is 110 Å². The highest BCUT2D eigenvalue weighted by molar-refractivity contribution is 5.95. The Morgan fingerprint density at radius 1 is 1.16 bits per heavy atom. The number of aliphatic hydroxyl groups excluding tert-OH is 1. The average molecular weight is 262 g/mol. The first kappa shape index (κ1) is 12.2. The van der Waals surface area contributed by atoms with Crippen molar-refractivity contribution >= 4 is 22.4 Å². The van der Waals surface area contributed by atoms with E-state index in [1.165, 1.54) is 6.42 Å². The van der Waals surface area contributed by atoms with Crippen LogP contribution in [0.2, 0.25) is 0 Å². The summed E-state index contributed by atoms with van der Waals surface area (Å²) in [6.07, 6.45) is 4.87. The summed E-state index contributed by atoms with van der Waals surface area (Å²) in [4.78, 5) is 0. The lowest BCUT2D eigenvalue weighted by atomic mass is 10.1. The summed E-state index contributed by atoms with van der Waals surface area (Å²) in [7, 11) is 0. The van der Waals surface area contributed by atoms with Crippen LogP contribution >= 0.6 is 0 Å². The number of hydrogen-bond acceptors (Lipinski definition) is 6. The first-order chi connectivity index (χ1) is 9.25. The third kappa shape index (κ3) is 2.35. The maximum Gasteiger partial charge on any atom is 0.160 e. The van der Waals surface area contributed by atoms with E-state index in [2.05, 4.69) is 15.6 Å². The van der Waals surface area contributed by atoms with E-state index in [9.17, 15) is 5.11 Å². The number of nitrogens with zero attached hydrogens (tertiary/aromatic N) is 2. The van der Waals surface area contributed by atoms with E-state index in [-0.39, 0.29) is 12.1 Å². The number of fused-ring (bicyclic) bond motifs is 1. The highest BCUT2D eigenvalue weighted by atomic mass is 16.6. The lowest BCUT2D eigenvalue weighted by Gasteiger charge is -2.22. The minimum absolute atomic E-state index is 0.0472. The van der Waals surface area contributed by atoms with Crippen LogP contribution in [0, 0.1) is 0 Å². The molecule has 4 N–H and O–H groups in total. The Morgan fingerprint density at radius 2 is 1.95 bits per heavy atom. The van der Waals surface area contributed by atoms with Crippen molar-refractivity contribution < 1.29 is 9.74 Å². The molecule has 0 aliphatic heterocycles. The van der Waals surface area contributed by atoms with Gasteiger partial charge in [-0.3, -0.25) is 0 Å². The second kappa shape index (κ2) is 5.05. The second-order valence-electron chi connectivity index (χ2n) is 5.12. The van der Waals surface area contributed by atoms with E-state index in [1.54, 1.807) is 6.07 Å². The van der Waals surface area contributed by atoms with Gasteiger partial charge in [-0.1, -0.05) is 19.3 Å². The summed E-state index contributed by atoms with van der Waals surface area (Å²) in [5, 5.41) is 21.2. The van der Waals surface area contributed by atoms with Crippen LogP contribution in [0.1, 0.15) is 32.1 Å². The number of nitrogens with one attached hydrogen (secondary N) is 1. The van der Waals surface area contributed by atoms with Crippen LogP contribution in [0.4, 0.5) is 11.4 Å². The molecule has 1 aromatic heterocycles. The summed E-state index contributed by atoms with van der Waals surface area (Å²) >= 11 is 0.